The Morgan fingerprint density at radius 2 is 1.86 bits per heavy atom. The lowest BCUT2D eigenvalue weighted by Crippen LogP contribution is -2.56. The highest BCUT2D eigenvalue weighted by Crippen LogP contribution is 2.34. The van der Waals surface area contributed by atoms with E-state index in [-0.39, 0.29) is 36.5 Å². The number of benzene rings is 1. The van der Waals surface area contributed by atoms with Gasteiger partial charge in [0, 0.05) is 31.0 Å². The molecule has 3 aromatic rings. The Hall–Kier alpha value is -3.89. The van der Waals surface area contributed by atoms with Gasteiger partial charge in [0.25, 0.3) is 11.5 Å². The average molecular weight is 485 g/mol. The molecule has 182 valence electrons. The number of pyridine rings is 1. The molecule has 11 heteroatoms. The highest BCUT2D eigenvalue weighted by Gasteiger charge is 2.44. The largest absolute Gasteiger partial charge is 0.416 e. The van der Waals surface area contributed by atoms with Crippen molar-refractivity contribution < 1.29 is 22.8 Å². The van der Waals surface area contributed by atoms with Crippen LogP contribution in [-0.4, -0.2) is 49.5 Å². The van der Waals surface area contributed by atoms with E-state index >= 15 is 0 Å². The Kier molecular flexibility index (Phi) is 5.30. The van der Waals surface area contributed by atoms with Gasteiger partial charge in [-0.25, -0.2) is 4.98 Å². The molecule has 4 heterocycles. The smallest absolute Gasteiger partial charge is 0.321 e. The third-order valence-electron chi connectivity index (χ3n) is 6.52. The molecule has 5 rings (SSSR count). The summed E-state index contributed by atoms with van der Waals surface area (Å²) < 4.78 is 42.4. The molecule has 35 heavy (non-hydrogen) atoms. The first-order valence-electron chi connectivity index (χ1n) is 11.1. The Balaban J connectivity index is 1.44. The molecule has 0 N–H and O–H groups in total. The normalized spacial score (nSPS) is 20.5. The summed E-state index contributed by atoms with van der Waals surface area (Å²) in [7, 11) is 0. The minimum atomic E-state index is -4.53. The maximum atomic E-state index is 13.4. The molecule has 2 aliphatic heterocycles. The first kappa shape index (κ1) is 22.9. The van der Waals surface area contributed by atoms with Gasteiger partial charge in [0.05, 0.1) is 17.6 Å². The molecule has 2 aromatic heterocycles. The van der Waals surface area contributed by atoms with Gasteiger partial charge < -0.3 is 18.9 Å². The van der Waals surface area contributed by atoms with E-state index in [0.29, 0.717) is 5.69 Å². The number of imidazole rings is 1. The third-order valence-corrected chi connectivity index (χ3v) is 6.52. The van der Waals surface area contributed by atoms with Crippen LogP contribution in [0.5, 0.6) is 0 Å². The van der Waals surface area contributed by atoms with Crippen LogP contribution < -0.4 is 10.5 Å². The number of hydrogen-bond acceptors (Lipinski definition) is 4. The van der Waals surface area contributed by atoms with Crippen molar-refractivity contribution in [1.82, 2.24) is 19.0 Å². The number of aromatic nitrogens is 3. The lowest BCUT2D eigenvalue weighted by molar-refractivity contribution is -0.137. The van der Waals surface area contributed by atoms with Crippen molar-refractivity contribution in [1.29, 1.82) is 0 Å². The number of hydrogen-bond donors (Lipinski definition) is 0. The van der Waals surface area contributed by atoms with E-state index < -0.39 is 35.6 Å². The molecule has 0 saturated carbocycles. The number of anilines is 1. The van der Waals surface area contributed by atoms with Gasteiger partial charge in [0.1, 0.15) is 17.4 Å². The molecule has 0 bridgehead atoms. The second kappa shape index (κ2) is 8.10. The summed E-state index contributed by atoms with van der Waals surface area (Å²) in [5, 5.41) is 0. The molecule has 1 fully saturated rings. The molecule has 2 atom stereocenters. The van der Waals surface area contributed by atoms with E-state index in [1.54, 1.807) is 36.7 Å². The summed E-state index contributed by atoms with van der Waals surface area (Å²) in [6, 6.07) is 6.40. The van der Waals surface area contributed by atoms with Crippen molar-refractivity contribution in [2.45, 2.75) is 45.1 Å². The number of rotatable bonds is 3. The maximum absolute atomic E-state index is 13.4. The fraction of sp³-hybridized carbons (Fsp3) is 0.333. The van der Waals surface area contributed by atoms with E-state index in [4.69, 9.17) is 0 Å². The fourth-order valence-corrected chi connectivity index (χ4v) is 4.85. The van der Waals surface area contributed by atoms with Crippen LogP contribution in [0.3, 0.4) is 0 Å². The van der Waals surface area contributed by atoms with Crippen LogP contribution in [0.25, 0.3) is 5.69 Å². The summed E-state index contributed by atoms with van der Waals surface area (Å²) in [4.78, 5) is 46.7. The standard InChI is InChI=1S/C24H22F3N5O3/c1-14-11-29(13-28-14)18-6-7-19-23(35)32(15(2)12-31(19)21(18)33)20-8-9-30(22(20)34)17-5-3-4-16(10-17)24(25,26)27/h3-7,10-11,13,15,20H,8-9,12H2,1-2H3. The zero-order valence-electron chi connectivity index (χ0n) is 19.0. The van der Waals surface area contributed by atoms with E-state index in [9.17, 15) is 27.6 Å². The zero-order chi connectivity index (χ0) is 25.1. The number of carbonyl (C=O) groups is 2. The van der Waals surface area contributed by atoms with Crippen molar-refractivity contribution in [3.63, 3.8) is 0 Å². The second-order valence-corrected chi connectivity index (χ2v) is 8.85. The Morgan fingerprint density at radius 1 is 1.09 bits per heavy atom. The van der Waals surface area contributed by atoms with Crippen LogP contribution in [0.15, 0.2) is 53.7 Å². The van der Waals surface area contributed by atoms with Gasteiger partial charge in [-0.2, -0.15) is 13.2 Å². The summed E-state index contributed by atoms with van der Waals surface area (Å²) in [6.45, 7) is 3.93. The molecule has 2 amide bonds. The Bertz CT molecular complexity index is 1390. The minimum absolute atomic E-state index is 0.140. The first-order chi connectivity index (χ1) is 16.6. The van der Waals surface area contributed by atoms with Crippen LogP contribution in [0.4, 0.5) is 18.9 Å². The Morgan fingerprint density at radius 3 is 2.54 bits per heavy atom. The minimum Gasteiger partial charge on any atom is -0.321 e. The topological polar surface area (TPSA) is 80.4 Å². The number of aryl methyl sites for hydroxylation is 1. The molecular formula is C24H22F3N5O3. The summed E-state index contributed by atoms with van der Waals surface area (Å²) in [5.41, 5.74) is 0.220. The van der Waals surface area contributed by atoms with Gasteiger partial charge in [-0.05, 0) is 50.6 Å². The summed E-state index contributed by atoms with van der Waals surface area (Å²) in [5.74, 6) is -0.899. The summed E-state index contributed by atoms with van der Waals surface area (Å²) in [6.07, 6.45) is -1.01. The number of nitrogens with zero attached hydrogens (tertiary/aromatic N) is 5. The molecule has 1 saturated heterocycles. The van der Waals surface area contributed by atoms with Gasteiger partial charge in [-0.15, -0.1) is 0 Å². The number of amides is 2. The van der Waals surface area contributed by atoms with Gasteiger partial charge in [0.2, 0.25) is 5.91 Å². The van der Waals surface area contributed by atoms with Gasteiger partial charge >= 0.3 is 6.18 Å². The molecule has 0 spiro atoms. The van der Waals surface area contributed by atoms with Gasteiger partial charge in [-0.1, -0.05) is 6.07 Å². The van der Waals surface area contributed by atoms with Crippen LogP contribution in [0, 0.1) is 6.92 Å². The van der Waals surface area contributed by atoms with E-state index in [0.717, 1.165) is 17.8 Å². The van der Waals surface area contributed by atoms with Gasteiger partial charge in [0.15, 0.2) is 0 Å². The van der Waals surface area contributed by atoms with Crippen LogP contribution in [0.2, 0.25) is 0 Å². The van der Waals surface area contributed by atoms with Crippen molar-refractivity contribution in [2.75, 3.05) is 11.4 Å². The molecule has 2 aliphatic rings. The number of halogens is 3. The van der Waals surface area contributed by atoms with Crippen molar-refractivity contribution in [2.24, 2.45) is 0 Å². The lowest BCUT2D eigenvalue weighted by atomic mass is 10.1. The second-order valence-electron chi connectivity index (χ2n) is 8.85. The molecule has 0 aliphatic carbocycles. The predicted octanol–water partition coefficient (Wildman–Crippen LogP) is 3.01. The fourth-order valence-electron chi connectivity index (χ4n) is 4.85. The van der Waals surface area contributed by atoms with Crippen LogP contribution >= 0.6 is 0 Å². The van der Waals surface area contributed by atoms with Gasteiger partial charge in [-0.3, -0.25) is 14.4 Å². The SMILES string of the molecule is Cc1cn(-c2ccc3n(c2=O)CC(C)N(C2CCN(c4cccc(C(F)(F)F)c4)C2=O)C3=O)cn1. The average Bonchev–Trinajstić information content (AvgIpc) is 3.40. The number of carbonyl (C=O) groups excluding carboxylic acids is 2. The number of fused-ring (bicyclic) bond motifs is 1. The molecule has 2 unspecified atom stereocenters. The zero-order valence-corrected chi connectivity index (χ0v) is 19.0. The Labute approximate surface area is 198 Å². The monoisotopic (exact) mass is 485 g/mol. The molecular weight excluding hydrogens is 463 g/mol. The first-order valence-corrected chi connectivity index (χ1v) is 11.1. The van der Waals surface area contributed by atoms with E-state index in [1.807, 2.05) is 0 Å². The van der Waals surface area contributed by atoms with Crippen molar-refractivity contribution >= 4 is 17.5 Å². The quantitative estimate of drug-likeness (QED) is 0.571. The van der Waals surface area contributed by atoms with Crippen LogP contribution in [-0.2, 0) is 17.5 Å². The highest BCUT2D eigenvalue weighted by molar-refractivity contribution is 6.04. The molecule has 1 aromatic carbocycles. The molecule has 0 radical (unpaired) electrons. The lowest BCUT2D eigenvalue weighted by Gasteiger charge is -2.38. The highest BCUT2D eigenvalue weighted by atomic mass is 19.4. The third kappa shape index (κ3) is 3.80. The van der Waals surface area contributed by atoms with Crippen LogP contribution in [0.1, 0.15) is 35.1 Å². The molecule has 8 nitrogen and oxygen atoms in total. The van der Waals surface area contributed by atoms with E-state index in [1.165, 1.54) is 32.8 Å². The van der Waals surface area contributed by atoms with E-state index in [2.05, 4.69) is 4.98 Å². The predicted molar refractivity (Wildman–Crippen MR) is 120 cm³/mol. The van der Waals surface area contributed by atoms with Crippen molar-refractivity contribution in [3.8, 4) is 5.69 Å². The van der Waals surface area contributed by atoms with Crippen molar-refractivity contribution in [3.05, 3.63) is 76.2 Å². The number of alkyl halides is 3. The maximum Gasteiger partial charge on any atom is 0.416 e. The summed E-state index contributed by atoms with van der Waals surface area (Å²) >= 11 is 0.